The number of thioether (sulfide) groups is 1. The largest absolute Gasteiger partial charge is 0.481 e. The number of carbonyl (C=O) groups excluding carboxylic acids is 1. The van der Waals surface area contributed by atoms with Gasteiger partial charge in [0, 0.05) is 29.4 Å². The van der Waals surface area contributed by atoms with Crippen molar-refractivity contribution in [3.05, 3.63) is 29.3 Å². The molecule has 0 saturated carbocycles. The summed E-state index contributed by atoms with van der Waals surface area (Å²) in [6.45, 7) is 2.70. The van der Waals surface area contributed by atoms with E-state index in [0.29, 0.717) is 18.0 Å². The minimum Gasteiger partial charge on any atom is -0.481 e. The molecule has 21 heavy (non-hydrogen) atoms. The molecule has 1 aromatic carbocycles. The van der Waals surface area contributed by atoms with Crippen molar-refractivity contribution in [2.24, 2.45) is 0 Å². The van der Waals surface area contributed by atoms with Crippen LogP contribution >= 0.6 is 23.4 Å². The van der Waals surface area contributed by atoms with Gasteiger partial charge in [0.25, 0.3) is 0 Å². The molecule has 0 heterocycles. The van der Waals surface area contributed by atoms with E-state index in [9.17, 15) is 9.59 Å². The van der Waals surface area contributed by atoms with Crippen LogP contribution in [0.25, 0.3) is 0 Å². The Bertz CT molecular complexity index is 464. The zero-order valence-corrected chi connectivity index (χ0v) is 13.6. The molecule has 0 atom stereocenters. The third-order valence-electron chi connectivity index (χ3n) is 2.95. The van der Waals surface area contributed by atoms with Crippen molar-refractivity contribution >= 4 is 35.2 Å². The van der Waals surface area contributed by atoms with Gasteiger partial charge in [-0.1, -0.05) is 11.6 Å². The first kappa shape index (κ1) is 17.9. The topological polar surface area (TPSA) is 57.6 Å². The summed E-state index contributed by atoms with van der Waals surface area (Å²) in [5, 5.41) is 9.36. The number of hydrogen-bond acceptors (Lipinski definition) is 3. The van der Waals surface area contributed by atoms with Gasteiger partial charge < -0.3 is 10.0 Å². The number of aliphatic carboxylic acids is 1. The smallest absolute Gasteiger partial charge is 0.305 e. The van der Waals surface area contributed by atoms with Crippen LogP contribution in [0.5, 0.6) is 0 Å². The molecular formula is C15H20ClNO3S. The maximum atomic E-state index is 11.9. The molecule has 0 bridgehead atoms. The molecule has 0 saturated heterocycles. The van der Waals surface area contributed by atoms with Gasteiger partial charge in [-0.15, -0.1) is 11.8 Å². The molecule has 116 valence electrons. The van der Waals surface area contributed by atoms with Crippen LogP contribution in [0.3, 0.4) is 0 Å². The second-order valence-corrected chi connectivity index (χ2v) is 6.13. The SMILES string of the molecule is CCN(CCC(=O)O)C(=O)CCCSc1ccc(Cl)cc1. The summed E-state index contributed by atoms with van der Waals surface area (Å²) in [5.41, 5.74) is 0. The number of carboxylic acids is 1. The summed E-state index contributed by atoms with van der Waals surface area (Å²) in [7, 11) is 0. The number of hydrogen-bond donors (Lipinski definition) is 1. The first-order valence-electron chi connectivity index (χ1n) is 6.91. The molecule has 6 heteroatoms. The van der Waals surface area contributed by atoms with Crippen LogP contribution in [-0.4, -0.2) is 40.7 Å². The molecule has 0 aliphatic rings. The minimum atomic E-state index is -0.875. The Kier molecular flexibility index (Phi) is 8.23. The highest BCUT2D eigenvalue weighted by Crippen LogP contribution is 2.21. The van der Waals surface area contributed by atoms with Crippen molar-refractivity contribution in [2.75, 3.05) is 18.8 Å². The van der Waals surface area contributed by atoms with Gasteiger partial charge in [-0.2, -0.15) is 0 Å². The highest BCUT2D eigenvalue weighted by Gasteiger charge is 2.12. The van der Waals surface area contributed by atoms with Gasteiger partial charge in [0.05, 0.1) is 6.42 Å². The van der Waals surface area contributed by atoms with Crippen LogP contribution in [0, 0.1) is 0 Å². The molecule has 0 aromatic heterocycles. The fourth-order valence-corrected chi connectivity index (χ4v) is 2.77. The van der Waals surface area contributed by atoms with E-state index in [1.807, 2.05) is 31.2 Å². The number of amides is 1. The fraction of sp³-hybridized carbons (Fsp3) is 0.467. The fourth-order valence-electron chi connectivity index (χ4n) is 1.79. The lowest BCUT2D eigenvalue weighted by Gasteiger charge is -2.19. The van der Waals surface area contributed by atoms with Gasteiger partial charge in [-0.25, -0.2) is 0 Å². The van der Waals surface area contributed by atoms with Crippen molar-refractivity contribution in [3.8, 4) is 0 Å². The van der Waals surface area contributed by atoms with E-state index >= 15 is 0 Å². The standard InChI is InChI=1S/C15H20ClNO3S/c1-2-17(10-9-15(19)20)14(18)4-3-11-21-13-7-5-12(16)6-8-13/h5-8H,2-4,9-11H2,1H3,(H,19,20). The molecular weight excluding hydrogens is 310 g/mol. The number of rotatable bonds is 9. The molecule has 1 N–H and O–H groups in total. The average molecular weight is 330 g/mol. The van der Waals surface area contributed by atoms with E-state index in [0.717, 1.165) is 17.1 Å². The normalized spacial score (nSPS) is 10.4. The molecule has 0 spiro atoms. The Hall–Kier alpha value is -1.20. The lowest BCUT2D eigenvalue weighted by atomic mass is 10.3. The maximum Gasteiger partial charge on any atom is 0.305 e. The lowest BCUT2D eigenvalue weighted by Crippen LogP contribution is -2.32. The third kappa shape index (κ3) is 7.39. The van der Waals surface area contributed by atoms with E-state index in [2.05, 4.69) is 0 Å². The van der Waals surface area contributed by atoms with Gasteiger partial charge >= 0.3 is 5.97 Å². The highest BCUT2D eigenvalue weighted by molar-refractivity contribution is 7.99. The van der Waals surface area contributed by atoms with E-state index < -0.39 is 5.97 Å². The Morgan fingerprint density at radius 3 is 2.48 bits per heavy atom. The Balaban J connectivity index is 2.25. The Labute approximate surface area is 134 Å². The second kappa shape index (κ2) is 9.68. The zero-order valence-electron chi connectivity index (χ0n) is 12.0. The first-order valence-corrected chi connectivity index (χ1v) is 8.27. The van der Waals surface area contributed by atoms with E-state index in [-0.39, 0.29) is 18.9 Å². The minimum absolute atomic E-state index is 0.000888. The molecule has 0 aliphatic carbocycles. The summed E-state index contributed by atoms with van der Waals surface area (Å²) < 4.78 is 0. The monoisotopic (exact) mass is 329 g/mol. The summed E-state index contributed by atoms with van der Waals surface area (Å²) in [4.78, 5) is 25.2. The Morgan fingerprint density at radius 1 is 1.24 bits per heavy atom. The number of halogens is 1. The van der Waals surface area contributed by atoms with Crippen molar-refractivity contribution < 1.29 is 14.7 Å². The zero-order chi connectivity index (χ0) is 15.7. The number of carbonyl (C=O) groups is 2. The summed E-state index contributed by atoms with van der Waals surface area (Å²) >= 11 is 7.50. The van der Waals surface area contributed by atoms with Crippen LogP contribution in [0.4, 0.5) is 0 Å². The van der Waals surface area contributed by atoms with Crippen LogP contribution in [0.1, 0.15) is 26.2 Å². The lowest BCUT2D eigenvalue weighted by molar-refractivity contribution is -0.138. The predicted molar refractivity (Wildman–Crippen MR) is 85.9 cm³/mol. The number of carboxylic acid groups (broad SMARTS) is 1. The van der Waals surface area contributed by atoms with Crippen molar-refractivity contribution in [1.82, 2.24) is 4.90 Å². The van der Waals surface area contributed by atoms with Crippen LogP contribution in [0.15, 0.2) is 29.2 Å². The molecule has 0 radical (unpaired) electrons. The quantitative estimate of drug-likeness (QED) is 0.556. The summed E-state index contributed by atoms with van der Waals surface area (Å²) in [6.07, 6.45) is 1.23. The summed E-state index contributed by atoms with van der Waals surface area (Å²) in [5.74, 6) is -0.000803. The molecule has 1 aromatic rings. The molecule has 1 amide bonds. The number of nitrogens with zero attached hydrogens (tertiary/aromatic N) is 1. The maximum absolute atomic E-state index is 11.9. The van der Waals surface area contributed by atoms with E-state index in [1.54, 1.807) is 16.7 Å². The number of benzene rings is 1. The highest BCUT2D eigenvalue weighted by atomic mass is 35.5. The van der Waals surface area contributed by atoms with Gasteiger partial charge in [0.1, 0.15) is 0 Å². The van der Waals surface area contributed by atoms with Crippen LogP contribution in [-0.2, 0) is 9.59 Å². The first-order chi connectivity index (χ1) is 10.0. The van der Waals surface area contributed by atoms with Crippen molar-refractivity contribution in [2.45, 2.75) is 31.1 Å². The third-order valence-corrected chi connectivity index (χ3v) is 4.30. The van der Waals surface area contributed by atoms with Gasteiger partial charge in [0.2, 0.25) is 5.91 Å². The molecule has 0 unspecified atom stereocenters. The van der Waals surface area contributed by atoms with E-state index in [1.165, 1.54) is 0 Å². The van der Waals surface area contributed by atoms with Gasteiger partial charge in [-0.05, 0) is 43.4 Å². The van der Waals surface area contributed by atoms with Gasteiger partial charge in [0.15, 0.2) is 0 Å². The van der Waals surface area contributed by atoms with Gasteiger partial charge in [-0.3, -0.25) is 9.59 Å². The van der Waals surface area contributed by atoms with Crippen molar-refractivity contribution in [3.63, 3.8) is 0 Å². The van der Waals surface area contributed by atoms with Crippen molar-refractivity contribution in [1.29, 1.82) is 0 Å². The molecule has 0 fully saturated rings. The van der Waals surface area contributed by atoms with E-state index in [4.69, 9.17) is 16.7 Å². The van der Waals surface area contributed by atoms with Crippen LogP contribution < -0.4 is 0 Å². The van der Waals surface area contributed by atoms with Crippen LogP contribution in [0.2, 0.25) is 5.02 Å². The molecule has 0 aliphatic heterocycles. The Morgan fingerprint density at radius 2 is 1.90 bits per heavy atom. The summed E-state index contributed by atoms with van der Waals surface area (Å²) in [6, 6.07) is 7.61. The molecule has 1 rings (SSSR count). The molecule has 4 nitrogen and oxygen atoms in total. The average Bonchev–Trinajstić information content (AvgIpc) is 2.46. The second-order valence-electron chi connectivity index (χ2n) is 4.52. The predicted octanol–water partition coefficient (Wildman–Crippen LogP) is 3.54.